The van der Waals surface area contributed by atoms with Crippen molar-refractivity contribution in [3.05, 3.63) is 0 Å². The lowest BCUT2D eigenvalue weighted by Gasteiger charge is -2.40. The fourth-order valence-electron chi connectivity index (χ4n) is 3.06. The molecule has 2 heterocycles. The zero-order chi connectivity index (χ0) is 13.2. The van der Waals surface area contributed by atoms with E-state index < -0.39 is 0 Å². The van der Waals surface area contributed by atoms with Gasteiger partial charge in [0.1, 0.15) is 0 Å². The summed E-state index contributed by atoms with van der Waals surface area (Å²) in [4.78, 5) is 14.4. The van der Waals surface area contributed by atoms with Crippen molar-refractivity contribution in [1.29, 1.82) is 0 Å². The van der Waals surface area contributed by atoms with Crippen molar-refractivity contribution in [2.45, 2.75) is 70.5 Å². The van der Waals surface area contributed by atoms with Crippen molar-refractivity contribution >= 4 is 6.03 Å². The Kier molecular flexibility index (Phi) is 4.15. The Morgan fingerprint density at radius 3 is 2.61 bits per heavy atom. The van der Waals surface area contributed by atoms with E-state index in [1.165, 1.54) is 19.3 Å². The van der Waals surface area contributed by atoms with Crippen LogP contribution in [0.5, 0.6) is 0 Å². The molecule has 2 atom stereocenters. The first-order valence-electron chi connectivity index (χ1n) is 7.29. The van der Waals surface area contributed by atoms with Gasteiger partial charge in [0.25, 0.3) is 0 Å². The predicted octanol–water partition coefficient (Wildman–Crippen LogP) is 2.10. The highest BCUT2D eigenvalue weighted by molar-refractivity contribution is 5.75. The van der Waals surface area contributed by atoms with Gasteiger partial charge in [-0.3, -0.25) is 0 Å². The molecule has 104 valence electrons. The predicted molar refractivity (Wildman–Crippen MR) is 73.7 cm³/mol. The zero-order valence-corrected chi connectivity index (χ0v) is 12.0. The van der Waals surface area contributed by atoms with Crippen LogP contribution in [0.3, 0.4) is 0 Å². The van der Waals surface area contributed by atoms with Gasteiger partial charge in [-0.1, -0.05) is 0 Å². The molecular weight excluding hydrogens is 226 g/mol. The Bertz CT molecular complexity index is 292. The first kappa shape index (κ1) is 13.7. The standard InChI is InChI=1S/C14H27N3O/c1-14(2,3)16-13(18)17-10-5-4-8-12(17)11-7-6-9-15-11/h11-12,15H,4-10H2,1-3H3,(H,16,18). The Balaban J connectivity index is 2.00. The van der Waals surface area contributed by atoms with Crippen LogP contribution in [0, 0.1) is 0 Å². The van der Waals surface area contributed by atoms with Gasteiger partial charge in [-0.05, 0) is 59.4 Å². The molecule has 0 aromatic heterocycles. The summed E-state index contributed by atoms with van der Waals surface area (Å²) in [6.45, 7) is 8.13. The van der Waals surface area contributed by atoms with Crippen molar-refractivity contribution in [1.82, 2.24) is 15.5 Å². The van der Waals surface area contributed by atoms with Gasteiger partial charge in [0.2, 0.25) is 0 Å². The van der Waals surface area contributed by atoms with Crippen LogP contribution in [0.25, 0.3) is 0 Å². The number of carbonyl (C=O) groups is 1. The van der Waals surface area contributed by atoms with Crippen LogP contribution in [0.1, 0.15) is 52.9 Å². The minimum absolute atomic E-state index is 0.112. The molecule has 0 aromatic carbocycles. The number of hydrogen-bond donors (Lipinski definition) is 2. The second-order valence-corrected chi connectivity index (χ2v) is 6.64. The molecule has 4 heteroatoms. The molecule has 2 rings (SSSR count). The molecule has 0 bridgehead atoms. The smallest absolute Gasteiger partial charge is 0.318 e. The average molecular weight is 253 g/mol. The number of likely N-dealkylation sites (tertiary alicyclic amines) is 1. The summed E-state index contributed by atoms with van der Waals surface area (Å²) in [5.74, 6) is 0. The second kappa shape index (κ2) is 5.47. The van der Waals surface area contributed by atoms with Crippen molar-refractivity contribution in [2.24, 2.45) is 0 Å². The summed E-state index contributed by atoms with van der Waals surface area (Å²) >= 11 is 0. The van der Waals surface area contributed by atoms with Gasteiger partial charge in [-0.25, -0.2) is 4.79 Å². The molecule has 2 unspecified atom stereocenters. The molecule has 0 aromatic rings. The first-order valence-corrected chi connectivity index (χ1v) is 7.29. The van der Waals surface area contributed by atoms with Gasteiger partial charge in [0, 0.05) is 24.2 Å². The van der Waals surface area contributed by atoms with E-state index in [2.05, 4.69) is 15.5 Å². The maximum atomic E-state index is 12.4. The fourth-order valence-corrected chi connectivity index (χ4v) is 3.06. The van der Waals surface area contributed by atoms with Gasteiger partial charge in [-0.15, -0.1) is 0 Å². The maximum absolute atomic E-state index is 12.4. The SMILES string of the molecule is CC(C)(C)NC(=O)N1CCCCC1C1CCCN1. The number of amides is 2. The van der Waals surface area contributed by atoms with E-state index in [4.69, 9.17) is 0 Å². The summed E-state index contributed by atoms with van der Waals surface area (Å²) in [7, 11) is 0. The number of carbonyl (C=O) groups excluding carboxylic acids is 1. The summed E-state index contributed by atoms with van der Waals surface area (Å²) in [6.07, 6.45) is 6.00. The van der Waals surface area contributed by atoms with E-state index in [1.54, 1.807) is 0 Å². The van der Waals surface area contributed by atoms with Crippen LogP contribution >= 0.6 is 0 Å². The topological polar surface area (TPSA) is 44.4 Å². The highest BCUT2D eigenvalue weighted by atomic mass is 16.2. The Morgan fingerprint density at radius 2 is 2.00 bits per heavy atom. The fraction of sp³-hybridized carbons (Fsp3) is 0.929. The largest absolute Gasteiger partial charge is 0.333 e. The summed E-state index contributed by atoms with van der Waals surface area (Å²) in [5.41, 5.74) is -0.151. The molecule has 0 saturated carbocycles. The molecule has 2 saturated heterocycles. The summed E-state index contributed by atoms with van der Waals surface area (Å²) in [6, 6.07) is 1.01. The van der Waals surface area contributed by atoms with E-state index in [1.807, 2.05) is 20.8 Å². The summed E-state index contributed by atoms with van der Waals surface area (Å²) < 4.78 is 0. The number of rotatable bonds is 1. The highest BCUT2D eigenvalue weighted by Crippen LogP contribution is 2.24. The zero-order valence-electron chi connectivity index (χ0n) is 12.0. The molecule has 4 nitrogen and oxygen atoms in total. The molecule has 0 spiro atoms. The highest BCUT2D eigenvalue weighted by Gasteiger charge is 2.35. The minimum Gasteiger partial charge on any atom is -0.333 e. The average Bonchev–Trinajstić information content (AvgIpc) is 2.80. The molecule has 18 heavy (non-hydrogen) atoms. The van der Waals surface area contributed by atoms with Crippen molar-refractivity contribution in [3.63, 3.8) is 0 Å². The molecule has 2 fully saturated rings. The minimum atomic E-state index is -0.151. The third-order valence-corrected chi connectivity index (χ3v) is 3.85. The van der Waals surface area contributed by atoms with E-state index in [0.29, 0.717) is 12.1 Å². The normalized spacial score (nSPS) is 29.4. The van der Waals surface area contributed by atoms with Gasteiger partial charge in [0.05, 0.1) is 0 Å². The van der Waals surface area contributed by atoms with Gasteiger partial charge in [0.15, 0.2) is 0 Å². The van der Waals surface area contributed by atoms with Crippen molar-refractivity contribution in [2.75, 3.05) is 13.1 Å². The molecule has 0 aliphatic carbocycles. The van der Waals surface area contributed by atoms with Crippen LogP contribution in [0.15, 0.2) is 0 Å². The van der Waals surface area contributed by atoms with Crippen molar-refractivity contribution in [3.8, 4) is 0 Å². The van der Waals surface area contributed by atoms with Crippen LogP contribution in [0.4, 0.5) is 4.79 Å². The van der Waals surface area contributed by atoms with E-state index in [9.17, 15) is 4.79 Å². The number of urea groups is 1. The second-order valence-electron chi connectivity index (χ2n) is 6.64. The monoisotopic (exact) mass is 253 g/mol. The maximum Gasteiger partial charge on any atom is 0.318 e. The molecule has 2 aliphatic heterocycles. The lowest BCUT2D eigenvalue weighted by Crippen LogP contribution is -2.58. The van der Waals surface area contributed by atoms with Crippen molar-refractivity contribution < 1.29 is 4.79 Å². The van der Waals surface area contributed by atoms with Crippen LogP contribution in [0.2, 0.25) is 0 Å². The molecule has 2 aliphatic rings. The lowest BCUT2D eigenvalue weighted by atomic mass is 9.95. The number of piperidine rings is 1. The number of hydrogen-bond acceptors (Lipinski definition) is 2. The Hall–Kier alpha value is -0.770. The number of nitrogens with one attached hydrogen (secondary N) is 2. The third-order valence-electron chi connectivity index (χ3n) is 3.85. The van der Waals surface area contributed by atoms with E-state index in [0.717, 1.165) is 25.9 Å². The third kappa shape index (κ3) is 3.37. The van der Waals surface area contributed by atoms with E-state index in [-0.39, 0.29) is 11.6 Å². The molecular formula is C14H27N3O. The van der Waals surface area contributed by atoms with Gasteiger partial charge in [-0.2, -0.15) is 0 Å². The van der Waals surface area contributed by atoms with Crippen LogP contribution in [-0.4, -0.2) is 41.6 Å². The molecule has 0 radical (unpaired) electrons. The molecule has 2 amide bonds. The van der Waals surface area contributed by atoms with Crippen LogP contribution in [-0.2, 0) is 0 Å². The first-order chi connectivity index (χ1) is 8.47. The van der Waals surface area contributed by atoms with Gasteiger partial charge >= 0.3 is 6.03 Å². The van der Waals surface area contributed by atoms with E-state index >= 15 is 0 Å². The van der Waals surface area contributed by atoms with Gasteiger partial charge < -0.3 is 15.5 Å². The lowest BCUT2D eigenvalue weighted by molar-refractivity contribution is 0.127. The Labute approximate surface area is 110 Å². The molecule has 2 N–H and O–H groups in total. The quantitative estimate of drug-likeness (QED) is 0.751. The number of nitrogens with zero attached hydrogens (tertiary/aromatic N) is 1. The Morgan fingerprint density at radius 1 is 1.22 bits per heavy atom. The summed E-state index contributed by atoms with van der Waals surface area (Å²) in [5, 5.41) is 6.65. The van der Waals surface area contributed by atoms with Crippen LogP contribution < -0.4 is 10.6 Å².